The molecule has 7 heteroatoms. The molecule has 2 heterocycles. The predicted octanol–water partition coefficient (Wildman–Crippen LogP) is 4.45. The summed E-state index contributed by atoms with van der Waals surface area (Å²) < 4.78 is 17.0. The third-order valence-electron chi connectivity index (χ3n) is 5.64. The van der Waals surface area contributed by atoms with E-state index in [-0.39, 0.29) is 12.1 Å². The van der Waals surface area contributed by atoms with Crippen LogP contribution >= 0.6 is 0 Å². The molecule has 32 heavy (non-hydrogen) atoms. The number of fused-ring (bicyclic) bond motifs is 1. The second-order valence-electron chi connectivity index (χ2n) is 7.98. The lowest BCUT2D eigenvalue weighted by atomic mass is 10.1. The minimum atomic E-state index is -0.424. The highest BCUT2D eigenvalue weighted by Gasteiger charge is 2.19. The Kier molecular flexibility index (Phi) is 5.65. The van der Waals surface area contributed by atoms with E-state index in [0.717, 1.165) is 28.8 Å². The number of benzene rings is 2. The van der Waals surface area contributed by atoms with Crippen molar-refractivity contribution in [2.45, 2.75) is 40.7 Å². The summed E-state index contributed by atoms with van der Waals surface area (Å²) in [6, 6.07) is 14.0. The van der Waals surface area contributed by atoms with E-state index in [2.05, 4.69) is 17.3 Å². The van der Waals surface area contributed by atoms with Crippen molar-refractivity contribution in [1.29, 1.82) is 0 Å². The minimum Gasteiger partial charge on any atom is -0.324 e. The first-order chi connectivity index (χ1) is 15.3. The number of aryl methyl sites for hydroxylation is 4. The topological polar surface area (TPSA) is 68.9 Å². The van der Waals surface area contributed by atoms with Crippen molar-refractivity contribution in [2.24, 2.45) is 0 Å². The van der Waals surface area contributed by atoms with E-state index < -0.39 is 11.7 Å². The molecule has 0 saturated heterocycles. The number of carbonyl (C=O) groups excluding carboxylic acids is 1. The molecule has 2 aromatic heterocycles. The molecule has 0 fully saturated rings. The van der Waals surface area contributed by atoms with E-state index in [1.807, 2.05) is 38.1 Å². The summed E-state index contributed by atoms with van der Waals surface area (Å²) in [7, 11) is 0. The molecule has 4 aromatic rings. The predicted molar refractivity (Wildman–Crippen MR) is 124 cm³/mol. The van der Waals surface area contributed by atoms with Crippen LogP contribution in [0.1, 0.15) is 29.3 Å². The van der Waals surface area contributed by atoms with Gasteiger partial charge in [-0.1, -0.05) is 25.1 Å². The maximum Gasteiger partial charge on any atom is 0.252 e. The Morgan fingerprint density at radius 2 is 1.75 bits per heavy atom. The smallest absolute Gasteiger partial charge is 0.252 e. The first kappa shape index (κ1) is 21.5. The molecule has 4 rings (SSSR count). The number of halogens is 1. The molecule has 1 N–H and O–H groups in total. The lowest BCUT2D eigenvalue weighted by Gasteiger charge is -2.13. The average molecular weight is 432 g/mol. The van der Waals surface area contributed by atoms with E-state index in [1.165, 1.54) is 22.3 Å². The van der Waals surface area contributed by atoms with Crippen molar-refractivity contribution >= 4 is 22.6 Å². The molecule has 0 saturated carbocycles. The number of anilines is 1. The highest BCUT2D eigenvalue weighted by atomic mass is 19.1. The monoisotopic (exact) mass is 432 g/mol. The zero-order valence-electron chi connectivity index (χ0n) is 18.6. The summed E-state index contributed by atoms with van der Waals surface area (Å²) in [5, 5.41) is 8.18. The van der Waals surface area contributed by atoms with Crippen molar-refractivity contribution in [3.05, 3.63) is 87.1 Å². The van der Waals surface area contributed by atoms with Gasteiger partial charge in [-0.2, -0.15) is 5.10 Å². The van der Waals surface area contributed by atoms with Gasteiger partial charge in [0.05, 0.1) is 11.4 Å². The van der Waals surface area contributed by atoms with Crippen LogP contribution in [0.5, 0.6) is 0 Å². The SMILES string of the molecule is CCc1ccc(-n2nc(C)c3c(C)cc(=O)n(CC(=O)Nc4ccc(C)c(F)c4)c32)cc1. The second kappa shape index (κ2) is 8.42. The quantitative estimate of drug-likeness (QED) is 0.507. The zero-order chi connectivity index (χ0) is 23.0. The van der Waals surface area contributed by atoms with E-state index in [9.17, 15) is 14.0 Å². The lowest BCUT2D eigenvalue weighted by molar-refractivity contribution is -0.116. The normalized spacial score (nSPS) is 11.2. The molecular formula is C25H25FN4O2. The van der Waals surface area contributed by atoms with E-state index >= 15 is 0 Å². The Balaban J connectivity index is 1.78. The van der Waals surface area contributed by atoms with Crippen molar-refractivity contribution in [1.82, 2.24) is 14.3 Å². The van der Waals surface area contributed by atoms with Gasteiger partial charge in [0.15, 0.2) is 0 Å². The van der Waals surface area contributed by atoms with Crippen LogP contribution in [0.15, 0.2) is 53.3 Å². The first-order valence-corrected chi connectivity index (χ1v) is 10.5. The molecule has 1 amide bonds. The van der Waals surface area contributed by atoms with Gasteiger partial charge in [0, 0.05) is 17.1 Å². The summed E-state index contributed by atoms with van der Waals surface area (Å²) in [6.07, 6.45) is 0.919. The fourth-order valence-electron chi connectivity index (χ4n) is 3.89. The van der Waals surface area contributed by atoms with Crippen LogP contribution in [0.4, 0.5) is 10.1 Å². The summed E-state index contributed by atoms with van der Waals surface area (Å²) >= 11 is 0. The van der Waals surface area contributed by atoms with Gasteiger partial charge in [0.1, 0.15) is 18.0 Å². The number of nitrogens with zero attached hydrogens (tertiary/aromatic N) is 3. The molecule has 0 unspecified atom stereocenters. The maximum absolute atomic E-state index is 13.9. The molecule has 0 spiro atoms. The maximum atomic E-state index is 13.9. The van der Waals surface area contributed by atoms with Crippen molar-refractivity contribution in [3.8, 4) is 5.69 Å². The van der Waals surface area contributed by atoms with Gasteiger partial charge in [0.25, 0.3) is 5.56 Å². The van der Waals surface area contributed by atoms with Crippen LogP contribution < -0.4 is 10.9 Å². The Labute approximate surface area is 185 Å². The number of nitrogens with one attached hydrogen (secondary N) is 1. The van der Waals surface area contributed by atoms with Gasteiger partial charge in [-0.3, -0.25) is 14.2 Å². The molecule has 2 aromatic carbocycles. The molecule has 0 bridgehead atoms. The molecule has 0 radical (unpaired) electrons. The third kappa shape index (κ3) is 3.93. The number of pyridine rings is 1. The highest BCUT2D eigenvalue weighted by Crippen LogP contribution is 2.24. The Bertz CT molecular complexity index is 1380. The van der Waals surface area contributed by atoms with Crippen LogP contribution in [0.2, 0.25) is 0 Å². The summed E-state index contributed by atoms with van der Waals surface area (Å²) in [5.41, 5.74) is 4.67. The number of carbonyl (C=O) groups is 1. The average Bonchev–Trinajstić information content (AvgIpc) is 3.11. The van der Waals surface area contributed by atoms with E-state index in [1.54, 1.807) is 23.7 Å². The first-order valence-electron chi connectivity index (χ1n) is 10.5. The molecule has 0 aliphatic heterocycles. The van der Waals surface area contributed by atoms with Crippen molar-refractivity contribution < 1.29 is 9.18 Å². The van der Waals surface area contributed by atoms with Gasteiger partial charge in [-0.25, -0.2) is 9.07 Å². The summed E-state index contributed by atoms with van der Waals surface area (Å²) in [5.74, 6) is -0.825. The van der Waals surface area contributed by atoms with Crippen LogP contribution in [0.25, 0.3) is 16.7 Å². The molecule has 0 aliphatic carbocycles. The summed E-state index contributed by atoms with van der Waals surface area (Å²) in [4.78, 5) is 25.7. The van der Waals surface area contributed by atoms with Crippen molar-refractivity contribution in [3.63, 3.8) is 0 Å². The Morgan fingerprint density at radius 3 is 2.41 bits per heavy atom. The number of aromatic nitrogens is 3. The van der Waals surface area contributed by atoms with Gasteiger partial charge >= 0.3 is 0 Å². The fraction of sp³-hybridized carbons (Fsp3) is 0.240. The molecule has 0 atom stereocenters. The second-order valence-corrected chi connectivity index (χ2v) is 7.98. The van der Waals surface area contributed by atoms with Gasteiger partial charge in [0.2, 0.25) is 5.91 Å². The standard InChI is InChI=1S/C25H25FN4O2/c1-5-18-7-10-20(11-8-18)30-25-24(17(4)28-30)16(3)12-23(32)29(25)14-22(31)27-19-9-6-15(2)21(26)13-19/h6-13H,5,14H2,1-4H3,(H,27,31). The van der Waals surface area contributed by atoms with E-state index in [0.29, 0.717) is 16.9 Å². The summed E-state index contributed by atoms with van der Waals surface area (Å²) in [6.45, 7) is 7.27. The van der Waals surface area contributed by atoms with Crippen LogP contribution in [0.3, 0.4) is 0 Å². The van der Waals surface area contributed by atoms with E-state index in [4.69, 9.17) is 0 Å². The van der Waals surface area contributed by atoms with Gasteiger partial charge in [-0.15, -0.1) is 0 Å². The number of rotatable bonds is 5. The van der Waals surface area contributed by atoms with Gasteiger partial charge < -0.3 is 5.32 Å². The minimum absolute atomic E-state index is 0.219. The zero-order valence-corrected chi connectivity index (χ0v) is 18.6. The Hall–Kier alpha value is -3.74. The Morgan fingerprint density at radius 1 is 1.03 bits per heavy atom. The molecule has 0 aliphatic rings. The number of hydrogen-bond acceptors (Lipinski definition) is 3. The van der Waals surface area contributed by atoms with Crippen LogP contribution in [-0.2, 0) is 17.8 Å². The fourth-order valence-corrected chi connectivity index (χ4v) is 3.89. The lowest BCUT2D eigenvalue weighted by Crippen LogP contribution is -2.29. The number of amides is 1. The largest absolute Gasteiger partial charge is 0.324 e. The highest BCUT2D eigenvalue weighted by molar-refractivity contribution is 5.92. The molecular weight excluding hydrogens is 407 g/mol. The van der Waals surface area contributed by atoms with Crippen LogP contribution in [0, 0.1) is 26.6 Å². The third-order valence-corrected chi connectivity index (χ3v) is 5.64. The van der Waals surface area contributed by atoms with Gasteiger partial charge in [-0.05, 0) is 68.1 Å². The van der Waals surface area contributed by atoms with Crippen molar-refractivity contribution in [2.75, 3.05) is 5.32 Å². The van der Waals surface area contributed by atoms with Crippen LogP contribution in [-0.4, -0.2) is 20.3 Å². The number of hydrogen-bond donors (Lipinski definition) is 1. The molecule has 164 valence electrons. The molecule has 6 nitrogen and oxygen atoms in total.